The third-order valence-corrected chi connectivity index (χ3v) is 2.61. The molecule has 0 unspecified atom stereocenters. The summed E-state index contributed by atoms with van der Waals surface area (Å²) in [5, 5.41) is 6.61. The number of halogens is 3. The van der Waals surface area contributed by atoms with Gasteiger partial charge in [0.15, 0.2) is 5.76 Å². The normalized spacial score (nSPS) is 11.8. The van der Waals surface area contributed by atoms with Gasteiger partial charge in [0.2, 0.25) is 0 Å². The van der Waals surface area contributed by atoms with Crippen molar-refractivity contribution >= 4 is 0 Å². The molecule has 19 heavy (non-hydrogen) atoms. The maximum atomic E-state index is 12.7. The molecule has 0 aliphatic carbocycles. The summed E-state index contributed by atoms with van der Waals surface area (Å²) in [7, 11) is 0. The first kappa shape index (κ1) is 13.6. The molecule has 0 aliphatic heterocycles. The van der Waals surface area contributed by atoms with Crippen LogP contribution in [0.25, 0.3) is 0 Å². The number of rotatable bonds is 4. The lowest BCUT2D eigenvalue weighted by molar-refractivity contribution is -0.138. The van der Waals surface area contributed by atoms with E-state index in [1.807, 2.05) is 0 Å². The Morgan fingerprint density at radius 2 is 1.95 bits per heavy atom. The van der Waals surface area contributed by atoms with Gasteiger partial charge in [-0.1, -0.05) is 23.4 Å². The third kappa shape index (κ3) is 3.57. The Morgan fingerprint density at radius 3 is 2.58 bits per heavy atom. The van der Waals surface area contributed by atoms with E-state index in [0.717, 1.165) is 11.8 Å². The Hall–Kier alpha value is -1.82. The summed E-state index contributed by atoms with van der Waals surface area (Å²) in [6.07, 6.45) is -4.33. The summed E-state index contributed by atoms with van der Waals surface area (Å²) >= 11 is 0. The van der Waals surface area contributed by atoms with Crippen molar-refractivity contribution in [2.75, 3.05) is 0 Å². The van der Waals surface area contributed by atoms with Gasteiger partial charge in [-0.05, 0) is 18.6 Å². The summed E-state index contributed by atoms with van der Waals surface area (Å²) < 4.78 is 43.2. The number of benzene rings is 1. The Balaban J connectivity index is 2.00. The van der Waals surface area contributed by atoms with Crippen molar-refractivity contribution in [1.82, 2.24) is 10.5 Å². The number of nitrogens with zero attached hydrogens (tertiary/aromatic N) is 1. The van der Waals surface area contributed by atoms with Crippen LogP contribution in [0.4, 0.5) is 13.2 Å². The molecule has 1 N–H and O–H groups in total. The van der Waals surface area contributed by atoms with Gasteiger partial charge >= 0.3 is 6.18 Å². The molecule has 1 aromatic carbocycles. The Bertz CT molecular complexity index is 549. The maximum absolute atomic E-state index is 12.7. The minimum atomic E-state index is -4.33. The molecule has 0 atom stereocenters. The zero-order valence-electron chi connectivity index (χ0n) is 10.3. The van der Waals surface area contributed by atoms with Crippen LogP contribution in [0.15, 0.2) is 34.9 Å². The average Bonchev–Trinajstić information content (AvgIpc) is 2.74. The van der Waals surface area contributed by atoms with Crippen molar-refractivity contribution in [3.8, 4) is 0 Å². The quantitative estimate of drug-likeness (QED) is 0.926. The Morgan fingerprint density at radius 1 is 1.21 bits per heavy atom. The van der Waals surface area contributed by atoms with E-state index in [1.165, 1.54) is 12.1 Å². The fraction of sp³-hybridized carbons (Fsp3) is 0.308. The molecule has 0 bridgehead atoms. The fourth-order valence-corrected chi connectivity index (χ4v) is 1.77. The predicted molar refractivity (Wildman–Crippen MR) is 63.2 cm³/mol. The van der Waals surface area contributed by atoms with Crippen molar-refractivity contribution in [3.05, 3.63) is 52.9 Å². The highest BCUT2D eigenvalue weighted by molar-refractivity contribution is 5.29. The van der Waals surface area contributed by atoms with Crippen LogP contribution in [0.5, 0.6) is 0 Å². The van der Waals surface area contributed by atoms with E-state index in [4.69, 9.17) is 4.52 Å². The lowest BCUT2D eigenvalue weighted by atomic mass is 10.1. The van der Waals surface area contributed by atoms with Gasteiger partial charge in [-0.2, -0.15) is 13.2 Å². The van der Waals surface area contributed by atoms with E-state index in [-0.39, 0.29) is 12.1 Å². The second-order valence-electron chi connectivity index (χ2n) is 4.19. The highest BCUT2D eigenvalue weighted by Gasteiger charge is 2.32. The van der Waals surface area contributed by atoms with Crippen LogP contribution in [0.3, 0.4) is 0 Å². The van der Waals surface area contributed by atoms with Crippen LogP contribution >= 0.6 is 0 Å². The SMILES string of the molecule is Cc1cc(CNCc2ccccc2C(F)(F)F)on1. The maximum Gasteiger partial charge on any atom is 0.416 e. The van der Waals surface area contributed by atoms with Gasteiger partial charge in [-0.3, -0.25) is 0 Å². The summed E-state index contributed by atoms with van der Waals surface area (Å²) in [6.45, 7) is 2.24. The van der Waals surface area contributed by atoms with Crippen molar-refractivity contribution in [2.45, 2.75) is 26.2 Å². The lowest BCUT2D eigenvalue weighted by Gasteiger charge is -2.12. The first-order valence-electron chi connectivity index (χ1n) is 5.75. The van der Waals surface area contributed by atoms with E-state index in [9.17, 15) is 13.2 Å². The molecule has 0 saturated heterocycles. The first-order valence-corrected chi connectivity index (χ1v) is 5.75. The predicted octanol–water partition coefficient (Wildman–Crippen LogP) is 3.29. The number of aryl methyl sites for hydroxylation is 1. The molecule has 1 heterocycles. The molecule has 1 aromatic heterocycles. The highest BCUT2D eigenvalue weighted by atomic mass is 19.4. The summed E-state index contributed by atoms with van der Waals surface area (Å²) in [4.78, 5) is 0. The minimum absolute atomic E-state index is 0.120. The molecule has 6 heteroatoms. The molecule has 0 fully saturated rings. The first-order chi connectivity index (χ1) is 8.97. The number of nitrogens with one attached hydrogen (secondary N) is 1. The van der Waals surface area contributed by atoms with Crippen molar-refractivity contribution in [1.29, 1.82) is 0 Å². The van der Waals surface area contributed by atoms with Gasteiger partial charge in [0, 0.05) is 12.6 Å². The van der Waals surface area contributed by atoms with Gasteiger partial charge in [0.05, 0.1) is 17.8 Å². The van der Waals surface area contributed by atoms with Crippen LogP contribution < -0.4 is 5.32 Å². The molecular formula is C13H13F3N2O. The molecule has 0 spiro atoms. The molecule has 0 radical (unpaired) electrons. The zero-order valence-corrected chi connectivity index (χ0v) is 10.3. The van der Waals surface area contributed by atoms with E-state index < -0.39 is 11.7 Å². The molecule has 102 valence electrons. The second kappa shape index (κ2) is 5.44. The van der Waals surface area contributed by atoms with Gasteiger partial charge < -0.3 is 9.84 Å². The van der Waals surface area contributed by atoms with Crippen LogP contribution in [0.2, 0.25) is 0 Å². The van der Waals surface area contributed by atoms with Crippen LogP contribution in [0, 0.1) is 6.92 Å². The summed E-state index contributed by atoms with van der Waals surface area (Å²) in [5.74, 6) is 0.599. The van der Waals surface area contributed by atoms with Crippen molar-refractivity contribution < 1.29 is 17.7 Å². The summed E-state index contributed by atoms with van der Waals surface area (Å²) in [6, 6.07) is 7.25. The van der Waals surface area contributed by atoms with Gasteiger partial charge in [0.25, 0.3) is 0 Å². The molecule has 2 rings (SSSR count). The van der Waals surface area contributed by atoms with Crippen LogP contribution in [-0.4, -0.2) is 5.16 Å². The topological polar surface area (TPSA) is 38.1 Å². The molecule has 3 nitrogen and oxygen atoms in total. The van der Waals surface area contributed by atoms with E-state index >= 15 is 0 Å². The van der Waals surface area contributed by atoms with E-state index in [2.05, 4.69) is 10.5 Å². The molecule has 0 saturated carbocycles. The third-order valence-electron chi connectivity index (χ3n) is 2.61. The Labute approximate surface area is 108 Å². The van der Waals surface area contributed by atoms with E-state index in [1.54, 1.807) is 19.1 Å². The fourth-order valence-electron chi connectivity index (χ4n) is 1.77. The molecule has 2 aromatic rings. The number of hydrogen-bond acceptors (Lipinski definition) is 3. The Kier molecular flexibility index (Phi) is 3.90. The molecular weight excluding hydrogens is 257 g/mol. The zero-order chi connectivity index (χ0) is 13.9. The van der Waals surface area contributed by atoms with Crippen molar-refractivity contribution in [2.24, 2.45) is 0 Å². The van der Waals surface area contributed by atoms with E-state index in [0.29, 0.717) is 12.3 Å². The van der Waals surface area contributed by atoms with Crippen LogP contribution in [0.1, 0.15) is 22.6 Å². The standard InChI is InChI=1S/C13H13F3N2O/c1-9-6-11(19-18-9)8-17-7-10-4-2-3-5-12(10)13(14,15)16/h2-6,17H,7-8H2,1H3. The number of alkyl halides is 3. The van der Waals surface area contributed by atoms with Gasteiger partial charge in [0.1, 0.15) is 0 Å². The second-order valence-corrected chi connectivity index (χ2v) is 4.19. The van der Waals surface area contributed by atoms with Gasteiger partial charge in [-0.25, -0.2) is 0 Å². The molecule has 0 amide bonds. The van der Waals surface area contributed by atoms with Crippen molar-refractivity contribution in [3.63, 3.8) is 0 Å². The molecule has 0 aliphatic rings. The van der Waals surface area contributed by atoms with Crippen LogP contribution in [-0.2, 0) is 19.3 Å². The minimum Gasteiger partial charge on any atom is -0.360 e. The smallest absolute Gasteiger partial charge is 0.360 e. The number of hydrogen-bond donors (Lipinski definition) is 1. The average molecular weight is 270 g/mol. The largest absolute Gasteiger partial charge is 0.416 e. The monoisotopic (exact) mass is 270 g/mol. The van der Waals surface area contributed by atoms with Gasteiger partial charge in [-0.15, -0.1) is 0 Å². The lowest BCUT2D eigenvalue weighted by Crippen LogP contribution is -2.17. The highest BCUT2D eigenvalue weighted by Crippen LogP contribution is 2.31. The number of aromatic nitrogens is 1. The summed E-state index contributed by atoms with van der Waals surface area (Å²) in [5.41, 5.74) is 0.343.